The monoisotopic (exact) mass is 315 g/mol. The van der Waals surface area contributed by atoms with Crippen molar-refractivity contribution in [3.63, 3.8) is 0 Å². The van der Waals surface area contributed by atoms with E-state index in [0.29, 0.717) is 5.56 Å². The Morgan fingerprint density at radius 3 is 2.62 bits per heavy atom. The molecule has 7 heteroatoms. The lowest BCUT2D eigenvalue weighted by Crippen LogP contribution is -2.33. The summed E-state index contributed by atoms with van der Waals surface area (Å²) in [6.45, 7) is 1.61. The van der Waals surface area contributed by atoms with Gasteiger partial charge in [0, 0.05) is 18.7 Å². The molecule has 0 unspecified atom stereocenters. The summed E-state index contributed by atoms with van der Waals surface area (Å²) in [7, 11) is -3.53. The Morgan fingerprint density at radius 1 is 1.48 bits per heavy atom. The SMILES string of the molecule is CCOC(=O)[C@@]1(CN)[C@H](c2cccc(F)c2)[C@@H]1S(C)(=O)=O. The van der Waals surface area contributed by atoms with Gasteiger partial charge in [-0.2, -0.15) is 0 Å². The molecule has 0 aliphatic heterocycles. The first-order valence-electron chi connectivity index (χ1n) is 6.60. The summed E-state index contributed by atoms with van der Waals surface area (Å²) in [6.07, 6.45) is 1.06. The predicted molar refractivity (Wildman–Crippen MR) is 75.9 cm³/mol. The molecule has 2 N–H and O–H groups in total. The Kier molecular flexibility index (Phi) is 4.08. The predicted octanol–water partition coefficient (Wildman–Crippen LogP) is 0.844. The van der Waals surface area contributed by atoms with E-state index in [9.17, 15) is 17.6 Å². The average molecular weight is 315 g/mol. The van der Waals surface area contributed by atoms with Gasteiger partial charge < -0.3 is 10.5 Å². The lowest BCUT2D eigenvalue weighted by Gasteiger charge is -2.14. The highest BCUT2D eigenvalue weighted by atomic mass is 32.2. The Hall–Kier alpha value is -1.47. The Balaban J connectivity index is 2.50. The number of hydrogen-bond donors (Lipinski definition) is 1. The molecule has 5 nitrogen and oxygen atoms in total. The summed E-state index contributed by atoms with van der Waals surface area (Å²) in [6, 6.07) is 5.58. The van der Waals surface area contributed by atoms with Crippen LogP contribution >= 0.6 is 0 Å². The van der Waals surface area contributed by atoms with Gasteiger partial charge in [0.1, 0.15) is 11.2 Å². The molecule has 1 aromatic rings. The quantitative estimate of drug-likeness (QED) is 0.814. The van der Waals surface area contributed by atoms with E-state index in [1.807, 2.05) is 0 Å². The number of carbonyl (C=O) groups is 1. The Bertz CT molecular complexity index is 661. The van der Waals surface area contributed by atoms with Crippen molar-refractivity contribution in [3.8, 4) is 0 Å². The topological polar surface area (TPSA) is 86.5 Å². The summed E-state index contributed by atoms with van der Waals surface area (Å²) < 4.78 is 42.4. The molecule has 1 saturated carbocycles. The number of rotatable bonds is 5. The first kappa shape index (κ1) is 15.9. The van der Waals surface area contributed by atoms with Crippen LogP contribution in [0, 0.1) is 11.2 Å². The first-order chi connectivity index (χ1) is 9.79. The molecule has 21 heavy (non-hydrogen) atoms. The average Bonchev–Trinajstić information content (AvgIpc) is 3.09. The van der Waals surface area contributed by atoms with Gasteiger partial charge in [-0.1, -0.05) is 12.1 Å². The normalized spacial score (nSPS) is 28.2. The summed E-state index contributed by atoms with van der Waals surface area (Å²) in [4.78, 5) is 12.2. The maximum Gasteiger partial charge on any atom is 0.315 e. The summed E-state index contributed by atoms with van der Waals surface area (Å²) in [5.74, 6) is -1.80. The molecular formula is C14H18FNO4S. The summed E-state index contributed by atoms with van der Waals surface area (Å²) in [5.41, 5.74) is 4.82. The smallest absolute Gasteiger partial charge is 0.315 e. The van der Waals surface area contributed by atoms with Gasteiger partial charge in [-0.15, -0.1) is 0 Å². The second kappa shape index (κ2) is 5.38. The minimum absolute atomic E-state index is 0.132. The molecule has 0 radical (unpaired) electrons. The number of benzene rings is 1. The number of carbonyl (C=O) groups excluding carboxylic acids is 1. The molecule has 0 saturated heterocycles. The lowest BCUT2D eigenvalue weighted by molar-refractivity contribution is -0.149. The molecule has 2 rings (SSSR count). The first-order valence-corrected chi connectivity index (χ1v) is 8.56. The van der Waals surface area contributed by atoms with Crippen molar-refractivity contribution in [2.45, 2.75) is 18.1 Å². The zero-order valence-electron chi connectivity index (χ0n) is 11.9. The summed E-state index contributed by atoms with van der Waals surface area (Å²) in [5, 5.41) is -0.976. The van der Waals surface area contributed by atoms with E-state index in [1.165, 1.54) is 18.2 Å². The maximum absolute atomic E-state index is 13.4. The minimum atomic E-state index is -3.53. The molecule has 0 amide bonds. The van der Waals surface area contributed by atoms with E-state index in [4.69, 9.17) is 10.5 Å². The molecule has 0 aromatic heterocycles. The zero-order valence-corrected chi connectivity index (χ0v) is 12.7. The lowest BCUT2D eigenvalue weighted by atomic mass is 9.99. The van der Waals surface area contributed by atoms with E-state index < -0.39 is 38.2 Å². The molecule has 1 aliphatic rings. The molecule has 116 valence electrons. The molecular weight excluding hydrogens is 297 g/mol. The van der Waals surface area contributed by atoms with Crippen molar-refractivity contribution in [2.75, 3.05) is 19.4 Å². The fourth-order valence-electron chi connectivity index (χ4n) is 3.04. The third-order valence-corrected chi connectivity index (χ3v) is 5.53. The van der Waals surface area contributed by atoms with Crippen LogP contribution < -0.4 is 5.73 Å². The van der Waals surface area contributed by atoms with Gasteiger partial charge >= 0.3 is 5.97 Å². The second-order valence-electron chi connectivity index (χ2n) is 5.25. The number of esters is 1. The number of halogens is 1. The highest BCUT2D eigenvalue weighted by molar-refractivity contribution is 7.91. The third kappa shape index (κ3) is 2.55. The van der Waals surface area contributed by atoms with Crippen LogP contribution in [0.25, 0.3) is 0 Å². The van der Waals surface area contributed by atoms with Gasteiger partial charge in [-0.05, 0) is 24.6 Å². The number of sulfone groups is 1. The van der Waals surface area contributed by atoms with E-state index >= 15 is 0 Å². The molecule has 0 bridgehead atoms. The molecule has 1 aromatic carbocycles. The summed E-state index contributed by atoms with van der Waals surface area (Å²) >= 11 is 0. The van der Waals surface area contributed by atoms with Crippen molar-refractivity contribution in [2.24, 2.45) is 11.1 Å². The second-order valence-corrected chi connectivity index (χ2v) is 7.41. The van der Waals surface area contributed by atoms with Crippen LogP contribution in [0.5, 0.6) is 0 Å². The molecule has 1 fully saturated rings. The van der Waals surface area contributed by atoms with Gasteiger partial charge in [-0.3, -0.25) is 4.79 Å². The largest absolute Gasteiger partial charge is 0.465 e. The highest BCUT2D eigenvalue weighted by Crippen LogP contribution is 2.62. The van der Waals surface area contributed by atoms with Crippen molar-refractivity contribution in [3.05, 3.63) is 35.6 Å². The zero-order chi connectivity index (χ0) is 15.8. The van der Waals surface area contributed by atoms with E-state index in [2.05, 4.69) is 0 Å². The molecule has 0 heterocycles. The van der Waals surface area contributed by atoms with Crippen LogP contribution in [-0.2, 0) is 19.4 Å². The number of ether oxygens (including phenoxy) is 1. The van der Waals surface area contributed by atoms with Crippen molar-refractivity contribution < 1.29 is 22.3 Å². The fraction of sp³-hybridized carbons (Fsp3) is 0.500. The van der Waals surface area contributed by atoms with E-state index in [1.54, 1.807) is 13.0 Å². The van der Waals surface area contributed by atoms with Gasteiger partial charge in [-0.25, -0.2) is 12.8 Å². The Morgan fingerprint density at radius 2 is 2.14 bits per heavy atom. The van der Waals surface area contributed by atoms with Crippen LogP contribution in [-0.4, -0.2) is 39.0 Å². The van der Waals surface area contributed by atoms with Crippen LogP contribution in [0.15, 0.2) is 24.3 Å². The van der Waals surface area contributed by atoms with Crippen LogP contribution in [0.1, 0.15) is 18.4 Å². The van der Waals surface area contributed by atoms with Gasteiger partial charge in [0.2, 0.25) is 0 Å². The minimum Gasteiger partial charge on any atom is -0.465 e. The van der Waals surface area contributed by atoms with Crippen molar-refractivity contribution >= 4 is 15.8 Å². The van der Waals surface area contributed by atoms with Gasteiger partial charge in [0.25, 0.3) is 0 Å². The van der Waals surface area contributed by atoms with Crippen molar-refractivity contribution in [1.29, 1.82) is 0 Å². The van der Waals surface area contributed by atoms with E-state index in [-0.39, 0.29) is 13.2 Å². The fourth-order valence-corrected chi connectivity index (χ4v) is 4.96. The van der Waals surface area contributed by atoms with Crippen LogP contribution in [0.4, 0.5) is 4.39 Å². The van der Waals surface area contributed by atoms with Gasteiger partial charge in [0.05, 0.1) is 11.9 Å². The van der Waals surface area contributed by atoms with Crippen molar-refractivity contribution in [1.82, 2.24) is 0 Å². The third-order valence-electron chi connectivity index (χ3n) is 3.92. The van der Waals surface area contributed by atoms with E-state index in [0.717, 1.165) is 6.26 Å². The standard InChI is InChI=1S/C14H18FNO4S/c1-3-20-13(17)14(8-16)11(12(14)21(2,18)19)9-5-4-6-10(15)7-9/h4-7,11-12H,3,8,16H2,1-2H3/t11-,12+,14+/m1/s1. The molecule has 0 spiro atoms. The molecule has 1 aliphatic carbocycles. The van der Waals surface area contributed by atoms with Crippen LogP contribution in [0.2, 0.25) is 0 Å². The van der Waals surface area contributed by atoms with Gasteiger partial charge in [0.15, 0.2) is 9.84 Å². The highest BCUT2D eigenvalue weighted by Gasteiger charge is 2.74. The number of hydrogen-bond acceptors (Lipinski definition) is 5. The Labute approximate surface area is 123 Å². The maximum atomic E-state index is 13.4. The van der Waals surface area contributed by atoms with Crippen LogP contribution in [0.3, 0.4) is 0 Å². The molecule has 3 atom stereocenters. The number of nitrogens with two attached hydrogens (primary N) is 1.